The molecule has 3 nitrogen and oxygen atoms in total. The van der Waals surface area contributed by atoms with Crippen molar-refractivity contribution >= 4 is 10.0 Å². The lowest BCUT2D eigenvalue weighted by Gasteiger charge is -2.05. The molecule has 0 bridgehead atoms. The first kappa shape index (κ1) is 12.1. The lowest BCUT2D eigenvalue weighted by atomic mass is 10.2. The van der Waals surface area contributed by atoms with Gasteiger partial charge in [0.25, 0.3) is 0 Å². The maximum Gasteiger partial charge on any atom is 0.215 e. The van der Waals surface area contributed by atoms with E-state index in [9.17, 15) is 12.8 Å². The standard InChI is InChI=1S/C10H14FNO2S/c1-2-7-12-15(13,14)8-9-3-5-10(11)6-4-9/h3-6,12H,2,7-8H2,1H3. The number of benzene rings is 1. The normalized spacial score (nSPS) is 11.6. The number of rotatable bonds is 5. The van der Waals surface area contributed by atoms with Gasteiger partial charge in [0.05, 0.1) is 5.75 Å². The van der Waals surface area contributed by atoms with Crippen molar-refractivity contribution in [1.29, 1.82) is 0 Å². The third kappa shape index (κ3) is 4.40. The van der Waals surface area contributed by atoms with Gasteiger partial charge in [0, 0.05) is 6.54 Å². The summed E-state index contributed by atoms with van der Waals surface area (Å²) in [4.78, 5) is 0. The van der Waals surface area contributed by atoms with E-state index in [1.54, 1.807) is 0 Å². The van der Waals surface area contributed by atoms with E-state index < -0.39 is 10.0 Å². The molecule has 1 rings (SSSR count). The van der Waals surface area contributed by atoms with Crippen LogP contribution in [0.25, 0.3) is 0 Å². The van der Waals surface area contributed by atoms with E-state index in [0.29, 0.717) is 12.1 Å². The number of halogens is 1. The van der Waals surface area contributed by atoms with Gasteiger partial charge < -0.3 is 0 Å². The largest absolute Gasteiger partial charge is 0.215 e. The zero-order valence-electron chi connectivity index (χ0n) is 8.53. The molecule has 0 amide bonds. The summed E-state index contributed by atoms with van der Waals surface area (Å²) in [7, 11) is -3.28. The fourth-order valence-electron chi connectivity index (χ4n) is 1.11. The molecule has 0 heterocycles. The fraction of sp³-hybridized carbons (Fsp3) is 0.400. The van der Waals surface area contributed by atoms with Gasteiger partial charge in [0.2, 0.25) is 10.0 Å². The molecule has 0 aliphatic heterocycles. The van der Waals surface area contributed by atoms with Crippen LogP contribution in [-0.2, 0) is 15.8 Å². The first-order valence-corrected chi connectivity index (χ1v) is 6.40. The molecule has 0 aliphatic carbocycles. The Morgan fingerprint density at radius 2 is 1.87 bits per heavy atom. The van der Waals surface area contributed by atoms with Crippen molar-refractivity contribution in [3.8, 4) is 0 Å². The number of hydrogen-bond acceptors (Lipinski definition) is 2. The second-order valence-electron chi connectivity index (χ2n) is 3.28. The highest BCUT2D eigenvalue weighted by Gasteiger charge is 2.09. The second-order valence-corrected chi connectivity index (χ2v) is 5.09. The van der Waals surface area contributed by atoms with Crippen LogP contribution in [0.5, 0.6) is 0 Å². The van der Waals surface area contributed by atoms with Crippen LogP contribution in [0.15, 0.2) is 24.3 Å². The maximum atomic E-state index is 12.6. The van der Waals surface area contributed by atoms with Gasteiger partial charge in [0.15, 0.2) is 0 Å². The molecule has 84 valence electrons. The Morgan fingerprint density at radius 1 is 1.27 bits per heavy atom. The Balaban J connectivity index is 2.65. The summed E-state index contributed by atoms with van der Waals surface area (Å²) < 4.78 is 37.9. The highest BCUT2D eigenvalue weighted by Crippen LogP contribution is 2.06. The third-order valence-corrected chi connectivity index (χ3v) is 3.20. The summed E-state index contributed by atoms with van der Waals surface area (Å²) in [5.74, 6) is -0.467. The average molecular weight is 231 g/mol. The first-order chi connectivity index (χ1) is 7.03. The quantitative estimate of drug-likeness (QED) is 0.837. The van der Waals surface area contributed by atoms with Gasteiger partial charge in [-0.1, -0.05) is 19.1 Å². The first-order valence-electron chi connectivity index (χ1n) is 4.75. The Morgan fingerprint density at radius 3 is 2.40 bits per heavy atom. The van der Waals surface area contributed by atoms with Crippen LogP contribution in [0.3, 0.4) is 0 Å². The average Bonchev–Trinajstić information content (AvgIpc) is 2.18. The van der Waals surface area contributed by atoms with Crippen LogP contribution in [0.2, 0.25) is 0 Å². The van der Waals surface area contributed by atoms with E-state index in [1.165, 1.54) is 24.3 Å². The van der Waals surface area contributed by atoms with Gasteiger partial charge in [-0.15, -0.1) is 0 Å². The van der Waals surface area contributed by atoms with Crippen LogP contribution in [0.4, 0.5) is 4.39 Å². The van der Waals surface area contributed by atoms with Crippen LogP contribution < -0.4 is 4.72 Å². The van der Waals surface area contributed by atoms with Crippen molar-refractivity contribution in [3.05, 3.63) is 35.6 Å². The molecule has 0 fully saturated rings. The zero-order chi connectivity index (χ0) is 11.3. The molecule has 0 radical (unpaired) electrons. The summed E-state index contributed by atoms with van der Waals surface area (Å²) in [6.45, 7) is 2.32. The Kier molecular flexibility index (Phi) is 4.23. The van der Waals surface area contributed by atoms with Crippen molar-refractivity contribution in [3.63, 3.8) is 0 Å². The minimum atomic E-state index is -3.28. The lowest BCUT2D eigenvalue weighted by Crippen LogP contribution is -2.25. The van der Waals surface area contributed by atoms with Crippen molar-refractivity contribution < 1.29 is 12.8 Å². The summed E-state index contributed by atoms with van der Waals surface area (Å²) in [6, 6.07) is 5.45. The number of sulfonamides is 1. The Labute approximate surface area is 89.4 Å². The topological polar surface area (TPSA) is 46.2 Å². The molecule has 15 heavy (non-hydrogen) atoms. The number of nitrogens with one attached hydrogen (secondary N) is 1. The van der Waals surface area contributed by atoms with Gasteiger partial charge in [-0.25, -0.2) is 17.5 Å². The van der Waals surface area contributed by atoms with Gasteiger partial charge in [0.1, 0.15) is 5.82 Å². The molecule has 0 aromatic heterocycles. The molecule has 5 heteroatoms. The lowest BCUT2D eigenvalue weighted by molar-refractivity contribution is 0.579. The van der Waals surface area contributed by atoms with Crippen LogP contribution in [0, 0.1) is 5.82 Å². The van der Waals surface area contributed by atoms with Crippen LogP contribution in [-0.4, -0.2) is 15.0 Å². The molecule has 0 atom stereocenters. The summed E-state index contributed by atoms with van der Waals surface area (Å²) in [6.07, 6.45) is 0.753. The van der Waals surface area contributed by atoms with E-state index >= 15 is 0 Å². The molecule has 0 saturated heterocycles. The fourth-order valence-corrected chi connectivity index (χ4v) is 2.36. The molecule has 1 aromatic rings. The minimum Gasteiger partial charge on any atom is -0.215 e. The molecule has 0 unspecified atom stereocenters. The maximum absolute atomic E-state index is 12.6. The van der Waals surface area contributed by atoms with Crippen molar-refractivity contribution in [2.45, 2.75) is 19.1 Å². The molecule has 1 aromatic carbocycles. The van der Waals surface area contributed by atoms with E-state index in [0.717, 1.165) is 6.42 Å². The third-order valence-electron chi connectivity index (χ3n) is 1.84. The molecular formula is C10H14FNO2S. The Hall–Kier alpha value is -0.940. The second kappa shape index (κ2) is 5.23. The van der Waals surface area contributed by atoms with Gasteiger partial charge in [-0.3, -0.25) is 0 Å². The highest BCUT2D eigenvalue weighted by atomic mass is 32.2. The van der Waals surface area contributed by atoms with Crippen molar-refractivity contribution in [2.24, 2.45) is 0 Å². The molecular weight excluding hydrogens is 217 g/mol. The zero-order valence-corrected chi connectivity index (χ0v) is 9.35. The predicted molar refractivity (Wildman–Crippen MR) is 57.3 cm³/mol. The van der Waals surface area contributed by atoms with E-state index in [4.69, 9.17) is 0 Å². The molecule has 0 spiro atoms. The monoisotopic (exact) mass is 231 g/mol. The molecule has 0 saturated carbocycles. The summed E-state index contributed by atoms with van der Waals surface area (Å²) in [5, 5.41) is 0. The van der Waals surface area contributed by atoms with E-state index in [-0.39, 0.29) is 11.6 Å². The van der Waals surface area contributed by atoms with E-state index in [1.807, 2.05) is 6.92 Å². The van der Waals surface area contributed by atoms with Gasteiger partial charge in [-0.05, 0) is 24.1 Å². The SMILES string of the molecule is CCCNS(=O)(=O)Cc1ccc(F)cc1. The molecule has 1 N–H and O–H groups in total. The molecule has 0 aliphatic rings. The Bertz CT molecular complexity index is 400. The van der Waals surface area contributed by atoms with Gasteiger partial charge in [-0.2, -0.15) is 0 Å². The van der Waals surface area contributed by atoms with Crippen LogP contribution in [0.1, 0.15) is 18.9 Å². The van der Waals surface area contributed by atoms with Crippen LogP contribution >= 0.6 is 0 Å². The predicted octanol–water partition coefficient (Wildman–Crippen LogP) is 1.66. The van der Waals surface area contributed by atoms with E-state index in [2.05, 4.69) is 4.72 Å². The van der Waals surface area contributed by atoms with Crippen molar-refractivity contribution in [1.82, 2.24) is 4.72 Å². The van der Waals surface area contributed by atoms with Gasteiger partial charge >= 0.3 is 0 Å². The summed E-state index contributed by atoms with van der Waals surface area (Å²) in [5.41, 5.74) is 0.583. The highest BCUT2D eigenvalue weighted by molar-refractivity contribution is 7.88. The number of hydrogen-bond donors (Lipinski definition) is 1. The summed E-state index contributed by atoms with van der Waals surface area (Å²) >= 11 is 0. The van der Waals surface area contributed by atoms with Crippen molar-refractivity contribution in [2.75, 3.05) is 6.54 Å². The minimum absolute atomic E-state index is 0.104. The smallest absolute Gasteiger partial charge is 0.215 e.